The summed E-state index contributed by atoms with van der Waals surface area (Å²) in [7, 11) is 0. The third-order valence-electron chi connectivity index (χ3n) is 9.67. The molecule has 2 aromatic rings. The van der Waals surface area contributed by atoms with Gasteiger partial charge in [0.05, 0.1) is 18.8 Å². The minimum atomic E-state index is -0.286. The second kappa shape index (κ2) is 11.5. The van der Waals surface area contributed by atoms with E-state index in [0.717, 1.165) is 63.5 Å². The molecule has 0 heterocycles. The first-order valence-corrected chi connectivity index (χ1v) is 14.5. The molecule has 5 heteroatoms. The minimum absolute atomic E-state index is 0.0538. The van der Waals surface area contributed by atoms with Crippen molar-refractivity contribution in [2.45, 2.75) is 96.0 Å². The molecule has 5 nitrogen and oxygen atoms in total. The molecule has 202 valence electrons. The average Bonchev–Trinajstić information content (AvgIpc) is 3.21. The number of rotatable bonds is 9. The van der Waals surface area contributed by atoms with Crippen LogP contribution in [-0.4, -0.2) is 23.8 Å². The molecule has 2 saturated carbocycles. The van der Waals surface area contributed by atoms with Gasteiger partial charge in [-0.3, -0.25) is 4.79 Å². The number of unbranched alkanes of at least 4 members (excludes halogenated alkanes) is 4. The van der Waals surface area contributed by atoms with Gasteiger partial charge in [-0.25, -0.2) is 0 Å². The summed E-state index contributed by atoms with van der Waals surface area (Å²) < 4.78 is 11.4. The molecule has 3 aliphatic rings. The molecule has 3 aliphatic carbocycles. The second-order valence-corrected chi connectivity index (χ2v) is 11.9. The quantitative estimate of drug-likeness (QED) is 0.219. The Kier molecular flexibility index (Phi) is 8.09. The highest BCUT2D eigenvalue weighted by molar-refractivity contribution is 5.69. The summed E-state index contributed by atoms with van der Waals surface area (Å²) in [4.78, 5) is 11.5. The molecule has 0 radical (unpaired) electrons. The van der Waals surface area contributed by atoms with Gasteiger partial charge in [-0.2, -0.15) is 5.26 Å². The number of nitriles is 1. The number of esters is 1. The van der Waals surface area contributed by atoms with Gasteiger partial charge in [-0.15, -0.1) is 0 Å². The van der Waals surface area contributed by atoms with Crippen molar-refractivity contribution >= 4 is 5.97 Å². The number of carbonyl (C=O) groups is 1. The number of aliphatic hydroxyl groups excluding tert-OH is 1. The maximum Gasteiger partial charge on any atom is 0.308 e. The highest BCUT2D eigenvalue weighted by atomic mass is 16.5. The predicted octanol–water partition coefficient (Wildman–Crippen LogP) is 7.08. The Morgan fingerprint density at radius 3 is 2.58 bits per heavy atom. The zero-order valence-corrected chi connectivity index (χ0v) is 22.8. The average molecular weight is 516 g/mol. The topological polar surface area (TPSA) is 79.5 Å². The predicted molar refractivity (Wildman–Crippen MR) is 147 cm³/mol. The van der Waals surface area contributed by atoms with E-state index in [1.54, 1.807) is 0 Å². The lowest BCUT2D eigenvalue weighted by Gasteiger charge is -2.54. The van der Waals surface area contributed by atoms with Crippen LogP contribution in [0.5, 0.6) is 11.5 Å². The van der Waals surface area contributed by atoms with Crippen LogP contribution in [0.15, 0.2) is 42.5 Å². The molecule has 0 amide bonds. The monoisotopic (exact) mass is 515 g/mol. The smallest absolute Gasteiger partial charge is 0.308 e. The Labute approximate surface area is 227 Å². The number of hydrogen-bond donors (Lipinski definition) is 1. The van der Waals surface area contributed by atoms with E-state index in [1.165, 1.54) is 23.6 Å². The maximum atomic E-state index is 11.5. The number of benzene rings is 2. The summed E-state index contributed by atoms with van der Waals surface area (Å²) in [6.07, 6.45) is 9.63. The van der Waals surface area contributed by atoms with Crippen molar-refractivity contribution in [3.63, 3.8) is 0 Å². The molecule has 0 aliphatic heterocycles. The molecule has 2 fully saturated rings. The Morgan fingerprint density at radius 1 is 1.05 bits per heavy atom. The Balaban J connectivity index is 1.36. The number of aliphatic hydroxyl groups is 1. The van der Waals surface area contributed by atoms with E-state index < -0.39 is 0 Å². The summed E-state index contributed by atoms with van der Waals surface area (Å²) in [5.74, 6) is 3.05. The first-order chi connectivity index (χ1) is 18.4. The van der Waals surface area contributed by atoms with Gasteiger partial charge < -0.3 is 14.6 Å². The van der Waals surface area contributed by atoms with E-state index in [1.807, 2.05) is 6.07 Å². The fourth-order valence-electron chi connectivity index (χ4n) is 7.87. The highest BCUT2D eigenvalue weighted by Gasteiger charge is 2.57. The fourth-order valence-corrected chi connectivity index (χ4v) is 7.87. The van der Waals surface area contributed by atoms with Crippen LogP contribution in [0.1, 0.15) is 100 Å². The highest BCUT2D eigenvalue weighted by Crippen LogP contribution is 2.65. The molecule has 0 aromatic heterocycles. The molecule has 3 unspecified atom stereocenters. The molecular weight excluding hydrogens is 474 g/mol. The lowest BCUT2D eigenvalue weighted by molar-refractivity contribution is -0.131. The van der Waals surface area contributed by atoms with Gasteiger partial charge in [0, 0.05) is 13.3 Å². The van der Waals surface area contributed by atoms with E-state index in [2.05, 4.69) is 49.4 Å². The Bertz CT molecular complexity index is 1170. The van der Waals surface area contributed by atoms with E-state index in [9.17, 15) is 9.90 Å². The number of nitrogens with zero attached hydrogens (tertiary/aromatic N) is 1. The van der Waals surface area contributed by atoms with Crippen molar-refractivity contribution in [3.05, 3.63) is 59.2 Å². The summed E-state index contributed by atoms with van der Waals surface area (Å²) in [5.41, 5.74) is 3.95. The standard InChI is InChI=1S/C33H41NO4/c1-22(35)38-26-13-15-27-24(20-26)10-14-28-30-16-17-31(36)33(30,2)21-29(32(27)28)23-8-11-25(12-9-23)37-19-7-5-3-4-6-18-34/h8-9,11-13,15,20,28-32,36H,3-7,10,14,16-17,19,21H2,1-2H3/t28?,29-,30?,31+,32?,33+/m1/s1. The van der Waals surface area contributed by atoms with E-state index in [4.69, 9.17) is 14.7 Å². The van der Waals surface area contributed by atoms with E-state index >= 15 is 0 Å². The van der Waals surface area contributed by atoms with Gasteiger partial charge in [0.1, 0.15) is 11.5 Å². The van der Waals surface area contributed by atoms with Crippen molar-refractivity contribution in [1.29, 1.82) is 5.26 Å². The number of ether oxygens (including phenoxy) is 2. The molecule has 0 saturated heterocycles. The Morgan fingerprint density at radius 2 is 1.82 bits per heavy atom. The van der Waals surface area contributed by atoms with Crippen LogP contribution in [0.25, 0.3) is 0 Å². The number of fused-ring (bicyclic) bond motifs is 5. The molecule has 0 spiro atoms. The van der Waals surface area contributed by atoms with Crippen LogP contribution < -0.4 is 9.47 Å². The van der Waals surface area contributed by atoms with Gasteiger partial charge in [0.2, 0.25) is 0 Å². The normalized spacial score (nSPS) is 29.5. The number of carbonyl (C=O) groups excluding carboxylic acids is 1. The lowest BCUT2D eigenvalue weighted by Crippen LogP contribution is -2.47. The van der Waals surface area contributed by atoms with Gasteiger partial charge in [-0.1, -0.05) is 38.0 Å². The van der Waals surface area contributed by atoms with Crippen molar-refractivity contribution in [2.24, 2.45) is 17.3 Å². The van der Waals surface area contributed by atoms with Gasteiger partial charge in [0.25, 0.3) is 0 Å². The molecule has 6 atom stereocenters. The molecule has 2 aromatic carbocycles. The Hall–Kier alpha value is -2.84. The second-order valence-electron chi connectivity index (χ2n) is 11.9. The maximum absolute atomic E-state index is 11.5. The van der Waals surface area contributed by atoms with Crippen LogP contribution in [0.2, 0.25) is 0 Å². The van der Waals surface area contributed by atoms with Crippen LogP contribution in [-0.2, 0) is 11.2 Å². The minimum Gasteiger partial charge on any atom is -0.494 e. The van der Waals surface area contributed by atoms with Crippen molar-refractivity contribution in [2.75, 3.05) is 6.61 Å². The van der Waals surface area contributed by atoms with Crippen LogP contribution in [0.4, 0.5) is 0 Å². The third-order valence-corrected chi connectivity index (χ3v) is 9.67. The zero-order chi connectivity index (χ0) is 26.7. The zero-order valence-electron chi connectivity index (χ0n) is 22.8. The molecule has 1 N–H and O–H groups in total. The van der Waals surface area contributed by atoms with Gasteiger partial charge in [0.15, 0.2) is 0 Å². The van der Waals surface area contributed by atoms with E-state index in [-0.39, 0.29) is 17.5 Å². The van der Waals surface area contributed by atoms with Gasteiger partial charge in [-0.05, 0) is 115 Å². The third kappa shape index (κ3) is 5.34. The molecular formula is C33H41NO4. The molecule has 5 rings (SSSR count). The largest absolute Gasteiger partial charge is 0.494 e. The van der Waals surface area contributed by atoms with E-state index in [0.29, 0.717) is 42.4 Å². The molecule has 0 bridgehead atoms. The van der Waals surface area contributed by atoms with Crippen LogP contribution in [0.3, 0.4) is 0 Å². The number of aryl methyl sites for hydroxylation is 1. The number of hydrogen-bond acceptors (Lipinski definition) is 5. The van der Waals surface area contributed by atoms with Crippen LogP contribution in [0, 0.1) is 28.6 Å². The first-order valence-electron chi connectivity index (χ1n) is 14.5. The SMILES string of the molecule is CC(=O)Oc1ccc2c(c1)CCC1C2[C@@H](c2ccc(OCCCCCCC#N)cc2)C[C@@]2(C)C1CC[C@@H]2O. The van der Waals surface area contributed by atoms with Crippen molar-refractivity contribution < 1.29 is 19.4 Å². The lowest BCUT2D eigenvalue weighted by atomic mass is 9.51. The summed E-state index contributed by atoms with van der Waals surface area (Å²) >= 11 is 0. The summed E-state index contributed by atoms with van der Waals surface area (Å²) in [5, 5.41) is 19.8. The summed E-state index contributed by atoms with van der Waals surface area (Å²) in [6.45, 7) is 4.47. The van der Waals surface area contributed by atoms with Crippen molar-refractivity contribution in [3.8, 4) is 17.6 Å². The summed E-state index contributed by atoms with van der Waals surface area (Å²) in [6, 6.07) is 17.1. The van der Waals surface area contributed by atoms with Crippen LogP contribution >= 0.6 is 0 Å². The van der Waals surface area contributed by atoms with Crippen molar-refractivity contribution in [1.82, 2.24) is 0 Å². The van der Waals surface area contributed by atoms with Gasteiger partial charge >= 0.3 is 5.97 Å². The fraction of sp³-hybridized carbons (Fsp3) is 0.576. The first kappa shape index (κ1) is 26.8. The molecule has 38 heavy (non-hydrogen) atoms.